The topological polar surface area (TPSA) is 18.5 Å². The van der Waals surface area contributed by atoms with Gasteiger partial charge in [0.15, 0.2) is 0 Å². The summed E-state index contributed by atoms with van der Waals surface area (Å²) in [7, 11) is 0. The normalized spacial score (nSPS) is 8.91. The molecule has 0 heterocycles. The molecule has 66 valence electrons. The fraction of sp³-hybridized carbons (Fsp3) is 0.778. The Bertz CT molecular complexity index is 103. The third kappa shape index (κ3) is 12.6. The fourth-order valence-electron chi connectivity index (χ4n) is 0.474. The molecule has 0 rings (SSSR count). The van der Waals surface area contributed by atoms with E-state index < -0.39 is 0 Å². The first-order chi connectivity index (χ1) is 4.77. The summed E-state index contributed by atoms with van der Waals surface area (Å²) in [6, 6.07) is 0. The van der Waals surface area contributed by atoms with Gasteiger partial charge in [-0.3, -0.25) is 0 Å². The van der Waals surface area contributed by atoms with Crippen molar-refractivity contribution in [1.82, 2.24) is 0 Å². The lowest BCUT2D eigenvalue weighted by Gasteiger charge is -2.05. The Balaban J connectivity index is 0. The van der Waals surface area contributed by atoms with E-state index in [1.165, 1.54) is 0 Å². The van der Waals surface area contributed by atoms with Crippen molar-refractivity contribution in [2.75, 3.05) is 19.8 Å². The van der Waals surface area contributed by atoms with Crippen molar-refractivity contribution in [1.29, 1.82) is 0 Å². The second-order valence-electron chi connectivity index (χ2n) is 2.18. The largest absolute Gasteiger partial charge is 0.376 e. The molecule has 0 saturated carbocycles. The van der Waals surface area contributed by atoms with Crippen LogP contribution in [0.1, 0.15) is 21.3 Å². The number of terminal acetylenes is 1. The van der Waals surface area contributed by atoms with Gasteiger partial charge in [0.25, 0.3) is 0 Å². The molecule has 0 N–H and O–H groups in total. The molecule has 0 aliphatic heterocycles. The van der Waals surface area contributed by atoms with Crippen molar-refractivity contribution in [3.05, 3.63) is 0 Å². The van der Waals surface area contributed by atoms with Gasteiger partial charge in [-0.15, -0.1) is 6.42 Å². The van der Waals surface area contributed by atoms with Crippen molar-refractivity contribution in [3.8, 4) is 12.3 Å². The van der Waals surface area contributed by atoms with Crippen molar-refractivity contribution in [3.63, 3.8) is 0 Å². The smallest absolute Gasteiger partial charge is 0.107 e. The van der Waals surface area contributed by atoms with Crippen LogP contribution in [-0.2, 0) is 9.47 Å². The van der Waals surface area contributed by atoms with Crippen LogP contribution in [0.4, 0.5) is 0 Å². The standard InChI is InChI=1S/C8H14O2.CH4/c1-4-5-9-6-7-10-8(2)3;/h1,8H,5-7H2,2-3H3;1H4. The quantitative estimate of drug-likeness (QED) is 0.448. The molecule has 0 aliphatic carbocycles. The molecule has 2 heteroatoms. The van der Waals surface area contributed by atoms with Crippen LogP contribution >= 0.6 is 0 Å². The third-order valence-electron chi connectivity index (χ3n) is 0.864. The van der Waals surface area contributed by atoms with Crippen molar-refractivity contribution in [2.45, 2.75) is 27.4 Å². The molecule has 2 nitrogen and oxygen atoms in total. The van der Waals surface area contributed by atoms with E-state index in [-0.39, 0.29) is 13.5 Å². The van der Waals surface area contributed by atoms with E-state index in [9.17, 15) is 0 Å². The van der Waals surface area contributed by atoms with Crippen LogP contribution in [0.5, 0.6) is 0 Å². The molecule has 0 amide bonds. The summed E-state index contributed by atoms with van der Waals surface area (Å²) in [4.78, 5) is 0. The first-order valence-electron chi connectivity index (χ1n) is 3.40. The first kappa shape index (κ1) is 13.1. The Hall–Kier alpha value is -0.520. The van der Waals surface area contributed by atoms with Crippen LogP contribution in [0.25, 0.3) is 0 Å². The lowest BCUT2D eigenvalue weighted by Crippen LogP contribution is -2.09. The lowest BCUT2D eigenvalue weighted by molar-refractivity contribution is 0.0280. The molecule has 0 aliphatic rings. The highest BCUT2D eigenvalue weighted by Gasteiger charge is 1.90. The second-order valence-corrected chi connectivity index (χ2v) is 2.18. The van der Waals surface area contributed by atoms with Crippen molar-refractivity contribution >= 4 is 0 Å². The van der Waals surface area contributed by atoms with Crippen LogP contribution in [0.3, 0.4) is 0 Å². The third-order valence-corrected chi connectivity index (χ3v) is 0.864. The summed E-state index contributed by atoms with van der Waals surface area (Å²) in [6.07, 6.45) is 5.23. The van der Waals surface area contributed by atoms with E-state index >= 15 is 0 Å². The SMILES string of the molecule is C.C#CCOCCOC(C)C. The zero-order valence-electron chi connectivity index (χ0n) is 6.59. The zero-order chi connectivity index (χ0) is 7.82. The average molecular weight is 158 g/mol. The minimum absolute atomic E-state index is 0. The number of rotatable bonds is 5. The Morgan fingerprint density at radius 3 is 2.45 bits per heavy atom. The molecule has 0 atom stereocenters. The number of ether oxygens (including phenoxy) is 2. The van der Waals surface area contributed by atoms with Crippen LogP contribution in [0, 0.1) is 12.3 Å². The maximum Gasteiger partial charge on any atom is 0.107 e. The molecule has 0 saturated heterocycles. The summed E-state index contributed by atoms with van der Waals surface area (Å²) in [6.45, 7) is 5.56. The van der Waals surface area contributed by atoms with Crippen LogP contribution in [-0.4, -0.2) is 25.9 Å². The molecule has 0 fully saturated rings. The van der Waals surface area contributed by atoms with Crippen LogP contribution < -0.4 is 0 Å². The van der Waals surface area contributed by atoms with E-state index in [1.807, 2.05) is 13.8 Å². The molecule has 0 spiro atoms. The molecular weight excluding hydrogens is 140 g/mol. The second kappa shape index (κ2) is 9.48. The highest BCUT2D eigenvalue weighted by atomic mass is 16.5. The van der Waals surface area contributed by atoms with E-state index in [0.717, 1.165) is 0 Å². The van der Waals surface area contributed by atoms with Gasteiger partial charge in [-0.1, -0.05) is 13.3 Å². The first-order valence-corrected chi connectivity index (χ1v) is 3.40. The van der Waals surface area contributed by atoms with Gasteiger partial charge in [-0.05, 0) is 13.8 Å². The minimum Gasteiger partial charge on any atom is -0.376 e. The van der Waals surface area contributed by atoms with Gasteiger partial charge in [0, 0.05) is 0 Å². The Morgan fingerprint density at radius 2 is 2.00 bits per heavy atom. The van der Waals surface area contributed by atoms with Crippen LogP contribution in [0.2, 0.25) is 0 Å². The summed E-state index contributed by atoms with van der Waals surface area (Å²) >= 11 is 0. The summed E-state index contributed by atoms with van der Waals surface area (Å²) < 4.78 is 10.2. The summed E-state index contributed by atoms with van der Waals surface area (Å²) in [5.74, 6) is 2.38. The Morgan fingerprint density at radius 1 is 1.36 bits per heavy atom. The van der Waals surface area contributed by atoms with E-state index in [4.69, 9.17) is 15.9 Å². The Kier molecular flexibility index (Phi) is 11.3. The van der Waals surface area contributed by atoms with E-state index in [0.29, 0.717) is 19.8 Å². The predicted octanol–water partition coefficient (Wildman–Crippen LogP) is 1.70. The van der Waals surface area contributed by atoms with Crippen LogP contribution in [0.15, 0.2) is 0 Å². The van der Waals surface area contributed by atoms with E-state index in [1.54, 1.807) is 0 Å². The van der Waals surface area contributed by atoms with Gasteiger partial charge >= 0.3 is 0 Å². The zero-order valence-corrected chi connectivity index (χ0v) is 6.59. The Labute approximate surface area is 69.9 Å². The van der Waals surface area contributed by atoms with Gasteiger partial charge < -0.3 is 9.47 Å². The average Bonchev–Trinajstić information content (AvgIpc) is 1.87. The van der Waals surface area contributed by atoms with Gasteiger partial charge in [-0.2, -0.15) is 0 Å². The maximum absolute atomic E-state index is 5.19. The molecule has 0 aromatic heterocycles. The molecule has 0 aromatic carbocycles. The summed E-state index contributed by atoms with van der Waals surface area (Å²) in [5.41, 5.74) is 0. The van der Waals surface area contributed by atoms with Crippen molar-refractivity contribution < 1.29 is 9.47 Å². The van der Waals surface area contributed by atoms with Gasteiger partial charge in [-0.25, -0.2) is 0 Å². The molecule has 0 aromatic rings. The highest BCUT2D eigenvalue weighted by Crippen LogP contribution is 1.86. The lowest BCUT2D eigenvalue weighted by atomic mass is 10.5. The molecule has 0 unspecified atom stereocenters. The minimum atomic E-state index is 0. The number of hydrogen-bond donors (Lipinski definition) is 0. The fourth-order valence-corrected chi connectivity index (χ4v) is 0.474. The molecule has 11 heavy (non-hydrogen) atoms. The summed E-state index contributed by atoms with van der Waals surface area (Å²) in [5, 5.41) is 0. The van der Waals surface area contributed by atoms with E-state index in [2.05, 4.69) is 5.92 Å². The molecular formula is C9H18O2. The molecule has 0 bridgehead atoms. The van der Waals surface area contributed by atoms with Gasteiger partial charge in [0.1, 0.15) is 6.61 Å². The molecule has 0 radical (unpaired) electrons. The highest BCUT2D eigenvalue weighted by molar-refractivity contribution is 4.82. The van der Waals surface area contributed by atoms with Gasteiger partial charge in [0.05, 0.1) is 19.3 Å². The predicted molar refractivity (Wildman–Crippen MR) is 47.5 cm³/mol. The van der Waals surface area contributed by atoms with Gasteiger partial charge in [0.2, 0.25) is 0 Å². The van der Waals surface area contributed by atoms with Crippen molar-refractivity contribution in [2.24, 2.45) is 0 Å². The number of hydrogen-bond acceptors (Lipinski definition) is 2. The maximum atomic E-state index is 5.19. The monoisotopic (exact) mass is 158 g/mol.